The number of hydrogen-bond acceptors (Lipinski definition) is 6. The minimum absolute atomic E-state index is 0.0922. The van der Waals surface area contributed by atoms with Crippen molar-refractivity contribution in [2.45, 2.75) is 19.4 Å². The fraction of sp³-hybridized carbons (Fsp3) is 0.154. The highest BCUT2D eigenvalue weighted by molar-refractivity contribution is 6.31. The topological polar surface area (TPSA) is 73.9 Å². The van der Waals surface area contributed by atoms with E-state index in [1.54, 1.807) is 0 Å². The van der Waals surface area contributed by atoms with Gasteiger partial charge in [0, 0.05) is 23.0 Å². The van der Waals surface area contributed by atoms with Crippen molar-refractivity contribution in [2.75, 3.05) is 16.8 Å². The summed E-state index contributed by atoms with van der Waals surface area (Å²) >= 11 is 6.49. The Bertz CT molecular complexity index is 1330. The summed E-state index contributed by atoms with van der Waals surface area (Å²) in [6.45, 7) is 2.12. The van der Waals surface area contributed by atoms with Gasteiger partial charge in [-0.2, -0.15) is 4.98 Å². The van der Waals surface area contributed by atoms with Crippen molar-refractivity contribution in [3.05, 3.63) is 101 Å². The smallest absolute Gasteiger partial charge is 0.302 e. The molecular formula is C26H23ClN4O2. The molecule has 5 rings (SSSR count). The van der Waals surface area contributed by atoms with Gasteiger partial charge in [0.2, 0.25) is 5.96 Å². The zero-order valence-corrected chi connectivity index (χ0v) is 18.8. The molecular weight excluding hydrogens is 436 g/mol. The second kappa shape index (κ2) is 9.10. The first-order valence-electron chi connectivity index (χ1n) is 10.8. The van der Waals surface area contributed by atoms with Crippen LogP contribution < -0.4 is 10.2 Å². The molecule has 1 aliphatic rings. The number of aromatic nitrogens is 1. The van der Waals surface area contributed by atoms with Crippen LogP contribution in [0.3, 0.4) is 0 Å². The molecule has 33 heavy (non-hydrogen) atoms. The van der Waals surface area contributed by atoms with Crippen LogP contribution in [0, 0.1) is 0 Å². The first-order valence-corrected chi connectivity index (χ1v) is 11.1. The number of nitrogens with one attached hydrogen (secondary N) is 1. The summed E-state index contributed by atoms with van der Waals surface area (Å²) in [6, 6.07) is 23.5. The molecule has 0 bridgehead atoms. The van der Waals surface area contributed by atoms with Gasteiger partial charge in [0.1, 0.15) is 11.6 Å². The van der Waals surface area contributed by atoms with E-state index < -0.39 is 0 Å². The summed E-state index contributed by atoms with van der Waals surface area (Å²) in [4.78, 5) is 11.6. The zero-order chi connectivity index (χ0) is 22.8. The van der Waals surface area contributed by atoms with Crippen molar-refractivity contribution in [1.82, 2.24) is 4.98 Å². The highest BCUT2D eigenvalue weighted by atomic mass is 35.5. The van der Waals surface area contributed by atoms with Crippen molar-refractivity contribution in [3.8, 4) is 0 Å². The summed E-state index contributed by atoms with van der Waals surface area (Å²) in [6.07, 6.45) is 2.66. The van der Waals surface area contributed by atoms with Gasteiger partial charge in [0.15, 0.2) is 5.58 Å². The van der Waals surface area contributed by atoms with Crippen molar-refractivity contribution in [2.24, 2.45) is 4.99 Å². The van der Waals surface area contributed by atoms with Gasteiger partial charge >= 0.3 is 6.01 Å². The molecule has 0 amide bonds. The van der Waals surface area contributed by atoms with Crippen LogP contribution in [0.4, 0.5) is 11.7 Å². The summed E-state index contributed by atoms with van der Waals surface area (Å²) < 4.78 is 5.91. The predicted molar refractivity (Wildman–Crippen MR) is 133 cm³/mol. The quantitative estimate of drug-likeness (QED) is 0.386. The average Bonchev–Trinajstić information content (AvgIpc) is 3.22. The highest BCUT2D eigenvalue weighted by Gasteiger charge is 2.26. The van der Waals surface area contributed by atoms with Gasteiger partial charge in [-0.1, -0.05) is 54.1 Å². The molecule has 0 saturated carbocycles. The minimum Gasteiger partial charge on any atom is -0.423 e. The van der Waals surface area contributed by atoms with Crippen molar-refractivity contribution >= 4 is 40.4 Å². The molecule has 6 nitrogen and oxygen atoms in total. The Morgan fingerprint density at radius 3 is 2.70 bits per heavy atom. The number of nitrogens with zero attached hydrogens (tertiary/aromatic N) is 3. The molecule has 7 heteroatoms. The van der Waals surface area contributed by atoms with Gasteiger partial charge in [-0.3, -0.25) is 10.2 Å². The first-order chi connectivity index (χ1) is 16.1. The number of para-hydroxylation sites is 2. The van der Waals surface area contributed by atoms with Gasteiger partial charge in [-0.25, -0.2) is 4.99 Å². The molecule has 1 unspecified atom stereocenters. The molecule has 1 atom stereocenters. The molecule has 0 saturated heterocycles. The Morgan fingerprint density at radius 2 is 1.88 bits per heavy atom. The Labute approximate surface area is 196 Å². The number of aliphatic imine (C=N–C) groups is 1. The molecule has 3 aromatic carbocycles. The molecule has 166 valence electrons. The molecule has 0 radical (unpaired) electrons. The number of halogens is 1. The number of rotatable bonds is 5. The van der Waals surface area contributed by atoms with E-state index >= 15 is 0 Å². The number of aliphatic hydroxyl groups excluding tert-OH is 1. The molecule has 0 fully saturated rings. The van der Waals surface area contributed by atoms with Crippen molar-refractivity contribution < 1.29 is 9.52 Å². The van der Waals surface area contributed by atoms with Crippen LogP contribution in [0.15, 0.2) is 94.0 Å². The number of benzene rings is 3. The Hall–Kier alpha value is -3.61. The van der Waals surface area contributed by atoms with Gasteiger partial charge in [-0.15, -0.1) is 0 Å². The highest BCUT2D eigenvalue weighted by Crippen LogP contribution is 2.34. The molecule has 0 aliphatic carbocycles. The number of hydrogen-bond donors (Lipinski definition) is 2. The normalized spacial score (nSPS) is 16.0. The third-order valence-corrected chi connectivity index (χ3v) is 5.87. The number of fused-ring (bicyclic) bond motifs is 1. The summed E-state index contributed by atoms with van der Waals surface area (Å²) in [5.41, 5.74) is 5.33. The van der Waals surface area contributed by atoms with E-state index in [-0.39, 0.29) is 12.6 Å². The third-order valence-electron chi connectivity index (χ3n) is 5.53. The largest absolute Gasteiger partial charge is 0.423 e. The van der Waals surface area contributed by atoms with E-state index in [0.29, 0.717) is 29.0 Å². The van der Waals surface area contributed by atoms with E-state index in [9.17, 15) is 5.11 Å². The maximum absolute atomic E-state index is 9.38. The SMILES string of the molecule is CC1=CC(c2ccccc2Cl)N=C(Nc2nc3ccccc3o2)N1c1cccc(CCO)c1. The third kappa shape index (κ3) is 4.35. The van der Waals surface area contributed by atoms with Gasteiger partial charge < -0.3 is 9.52 Å². The number of aliphatic hydroxyl groups is 1. The van der Waals surface area contributed by atoms with Crippen LogP contribution in [0.25, 0.3) is 11.1 Å². The average molecular weight is 459 g/mol. The summed E-state index contributed by atoms with van der Waals surface area (Å²) in [5.74, 6) is 0.577. The zero-order valence-electron chi connectivity index (χ0n) is 18.1. The molecule has 1 aromatic heterocycles. The van der Waals surface area contributed by atoms with Gasteiger partial charge in [0.25, 0.3) is 0 Å². The standard InChI is InChI=1S/C26H23ClN4O2/c1-17-15-23(20-9-2-3-10-21(20)27)28-25(30-26-29-22-11-4-5-12-24(22)33-26)31(17)19-8-6-7-18(16-19)13-14-32/h2-12,15-16,23,32H,13-14H2,1H3,(H,28,29,30). The predicted octanol–water partition coefficient (Wildman–Crippen LogP) is 5.95. The molecule has 2 heterocycles. The van der Waals surface area contributed by atoms with Crippen LogP contribution in [0.5, 0.6) is 0 Å². The molecule has 0 spiro atoms. The molecule has 4 aromatic rings. The molecule has 2 N–H and O–H groups in total. The first kappa shape index (κ1) is 21.2. The van der Waals surface area contributed by atoms with E-state index in [1.165, 1.54) is 0 Å². The number of anilines is 2. The maximum atomic E-state index is 9.38. The van der Waals surface area contributed by atoms with E-state index in [2.05, 4.69) is 16.4 Å². The fourth-order valence-corrected chi connectivity index (χ4v) is 4.23. The van der Waals surface area contributed by atoms with Crippen LogP contribution in [-0.2, 0) is 6.42 Å². The Balaban J connectivity index is 1.58. The maximum Gasteiger partial charge on any atom is 0.302 e. The lowest BCUT2D eigenvalue weighted by atomic mass is 10.0. The van der Waals surface area contributed by atoms with Gasteiger partial charge in [0.05, 0.1) is 0 Å². The Kier molecular flexibility index (Phi) is 5.86. The fourth-order valence-electron chi connectivity index (χ4n) is 3.99. The summed E-state index contributed by atoms with van der Waals surface area (Å²) in [7, 11) is 0. The van der Waals surface area contributed by atoms with Crippen LogP contribution in [0.1, 0.15) is 24.1 Å². The second-order valence-electron chi connectivity index (χ2n) is 7.82. The lowest BCUT2D eigenvalue weighted by Gasteiger charge is -2.32. The van der Waals surface area contributed by atoms with Crippen LogP contribution in [-0.4, -0.2) is 22.7 Å². The van der Waals surface area contributed by atoms with Crippen molar-refractivity contribution in [3.63, 3.8) is 0 Å². The minimum atomic E-state index is -0.262. The lowest BCUT2D eigenvalue weighted by Crippen LogP contribution is -2.38. The van der Waals surface area contributed by atoms with Crippen molar-refractivity contribution in [1.29, 1.82) is 0 Å². The summed E-state index contributed by atoms with van der Waals surface area (Å²) in [5, 5.41) is 13.3. The second-order valence-corrected chi connectivity index (χ2v) is 8.22. The lowest BCUT2D eigenvalue weighted by molar-refractivity contribution is 0.299. The van der Waals surface area contributed by atoms with Gasteiger partial charge in [-0.05, 0) is 60.9 Å². The van der Waals surface area contributed by atoms with Crippen LogP contribution >= 0.6 is 11.6 Å². The van der Waals surface area contributed by atoms with Crippen LogP contribution in [0.2, 0.25) is 5.02 Å². The Morgan fingerprint density at radius 1 is 1.06 bits per heavy atom. The number of allylic oxidation sites excluding steroid dienone is 1. The molecule has 1 aliphatic heterocycles. The van der Waals surface area contributed by atoms with E-state index in [0.717, 1.165) is 28.0 Å². The number of oxazole rings is 1. The van der Waals surface area contributed by atoms with E-state index in [1.807, 2.05) is 84.6 Å². The monoisotopic (exact) mass is 458 g/mol. The van der Waals surface area contributed by atoms with E-state index in [4.69, 9.17) is 21.0 Å². The number of guanidine groups is 1.